The number of para-hydroxylation sites is 1. The average molecular weight is 295 g/mol. The fraction of sp³-hybridized carbons (Fsp3) is 0.389. The molecule has 1 aromatic carbocycles. The van der Waals surface area contributed by atoms with E-state index in [1.54, 1.807) is 0 Å². The summed E-state index contributed by atoms with van der Waals surface area (Å²) >= 11 is 2.40. The Hall–Kier alpha value is -1.30. The van der Waals surface area contributed by atoms with Crippen LogP contribution >= 0.6 is 0 Å². The molecule has 2 rings (SSSR count). The summed E-state index contributed by atoms with van der Waals surface area (Å²) in [7, 11) is 0. The van der Waals surface area contributed by atoms with E-state index in [2.05, 4.69) is 67.7 Å². The van der Waals surface area contributed by atoms with Gasteiger partial charge >= 0.3 is 16.6 Å². The topological polar surface area (TPSA) is 22.1 Å². The monoisotopic (exact) mass is 295 g/mol. The number of hydrogen-bond donors (Lipinski definition) is 0. The van der Waals surface area contributed by atoms with Crippen molar-refractivity contribution in [2.24, 2.45) is 0 Å². The number of aromatic nitrogens is 1. The molecule has 0 saturated carbocycles. The second-order valence-corrected chi connectivity index (χ2v) is 6.19. The molecule has 2 aromatic rings. The maximum Gasteiger partial charge on any atom is 0.482 e. The lowest BCUT2D eigenvalue weighted by Gasteiger charge is -2.29. The van der Waals surface area contributed by atoms with E-state index in [9.17, 15) is 0 Å². The molecule has 0 N–H and O–H groups in total. The van der Waals surface area contributed by atoms with Crippen molar-refractivity contribution >= 4 is 16.6 Å². The number of aryl methyl sites for hydroxylation is 2. The first-order valence-corrected chi connectivity index (χ1v) is 7.91. The first-order valence-electron chi connectivity index (χ1n) is 7.44. The molecular formula is C18H22AlNO. The highest BCUT2D eigenvalue weighted by Crippen LogP contribution is 2.38. The maximum absolute atomic E-state index is 5.66. The van der Waals surface area contributed by atoms with Crippen molar-refractivity contribution < 1.29 is 3.79 Å². The Balaban J connectivity index is 2.56. The summed E-state index contributed by atoms with van der Waals surface area (Å²) in [5, 5.41) is 0. The highest BCUT2D eigenvalue weighted by atomic mass is 27.1. The Kier molecular flexibility index (Phi) is 5.09. The lowest BCUT2D eigenvalue weighted by molar-refractivity contribution is 0.542. The first kappa shape index (κ1) is 16.1. The lowest BCUT2D eigenvalue weighted by atomic mass is 9.79. The fourth-order valence-electron chi connectivity index (χ4n) is 2.71. The van der Waals surface area contributed by atoms with E-state index < -0.39 is 0 Å². The molecule has 2 radical (unpaired) electrons. The normalized spacial score (nSPS) is 11.4. The Morgan fingerprint density at radius 1 is 1.14 bits per heavy atom. The van der Waals surface area contributed by atoms with Crippen LogP contribution in [0.15, 0.2) is 36.4 Å². The third-order valence-electron chi connectivity index (χ3n) is 3.94. The Morgan fingerprint density at radius 2 is 1.86 bits per heavy atom. The van der Waals surface area contributed by atoms with Crippen molar-refractivity contribution in [2.45, 2.75) is 46.0 Å². The minimum Gasteiger partial charge on any atom is -0.653 e. The Bertz CT molecular complexity index is 622. The van der Waals surface area contributed by atoms with Gasteiger partial charge in [0.1, 0.15) is 0 Å². The average Bonchev–Trinajstić information content (AvgIpc) is 2.47. The van der Waals surface area contributed by atoms with E-state index in [0.29, 0.717) is 0 Å². The highest BCUT2D eigenvalue weighted by Gasteiger charge is 2.28. The van der Waals surface area contributed by atoms with Gasteiger partial charge in [0, 0.05) is 16.7 Å². The summed E-state index contributed by atoms with van der Waals surface area (Å²) in [6.45, 7) is 8.62. The van der Waals surface area contributed by atoms with Crippen LogP contribution in [0, 0.1) is 6.92 Å². The zero-order valence-electron chi connectivity index (χ0n) is 13.3. The number of rotatable bonds is 5. The maximum atomic E-state index is 5.66. The molecule has 3 heteroatoms. The molecule has 21 heavy (non-hydrogen) atoms. The van der Waals surface area contributed by atoms with Gasteiger partial charge in [-0.1, -0.05) is 51.5 Å². The number of hydrogen-bond acceptors (Lipinski definition) is 2. The van der Waals surface area contributed by atoms with Crippen LogP contribution < -0.4 is 3.79 Å². The standard InChI is InChI=1S/C18H23NO.Al/c1-5-8-14-10-7-11-15(17(14)20)18(3,4)16-12-6-9-13(2)19-16;/h6-7,9-12,20H,5,8H2,1-4H3;/q;+1/p-1. The van der Waals surface area contributed by atoms with Gasteiger partial charge in [0.2, 0.25) is 0 Å². The van der Waals surface area contributed by atoms with Gasteiger partial charge in [0.25, 0.3) is 0 Å². The third kappa shape index (κ3) is 3.31. The first-order chi connectivity index (χ1) is 10.0. The van der Waals surface area contributed by atoms with Crippen LogP contribution in [-0.4, -0.2) is 21.6 Å². The fourth-order valence-corrected chi connectivity index (χ4v) is 2.99. The van der Waals surface area contributed by atoms with Crippen LogP contribution in [0.4, 0.5) is 0 Å². The summed E-state index contributed by atoms with van der Waals surface area (Å²) in [4.78, 5) is 4.71. The largest absolute Gasteiger partial charge is 0.653 e. The van der Waals surface area contributed by atoms with Gasteiger partial charge in [-0.25, -0.2) is 0 Å². The van der Waals surface area contributed by atoms with E-state index >= 15 is 0 Å². The van der Waals surface area contributed by atoms with Crippen molar-refractivity contribution in [1.82, 2.24) is 4.98 Å². The second-order valence-electron chi connectivity index (χ2n) is 5.95. The molecule has 0 spiro atoms. The zero-order valence-corrected chi connectivity index (χ0v) is 14.5. The minimum atomic E-state index is -0.193. The van der Waals surface area contributed by atoms with Crippen molar-refractivity contribution in [3.05, 3.63) is 58.9 Å². The molecule has 2 nitrogen and oxygen atoms in total. The third-order valence-corrected chi connectivity index (χ3v) is 4.17. The molecular weight excluding hydrogens is 273 g/mol. The van der Waals surface area contributed by atoms with E-state index in [4.69, 9.17) is 8.77 Å². The van der Waals surface area contributed by atoms with Crippen LogP contribution in [-0.2, 0) is 11.8 Å². The van der Waals surface area contributed by atoms with Crippen molar-refractivity contribution in [3.63, 3.8) is 0 Å². The van der Waals surface area contributed by atoms with Gasteiger partial charge in [-0.05, 0) is 31.0 Å². The highest BCUT2D eigenvalue weighted by molar-refractivity contribution is 6.00. The molecule has 0 atom stereocenters. The van der Waals surface area contributed by atoms with E-state index in [1.165, 1.54) is 11.1 Å². The van der Waals surface area contributed by atoms with Crippen molar-refractivity contribution in [3.8, 4) is 5.75 Å². The minimum absolute atomic E-state index is 0.193. The Morgan fingerprint density at radius 3 is 2.48 bits per heavy atom. The summed E-state index contributed by atoms with van der Waals surface area (Å²) in [6.07, 6.45) is 2.13. The van der Waals surface area contributed by atoms with E-state index in [1.807, 2.05) is 13.0 Å². The summed E-state index contributed by atoms with van der Waals surface area (Å²) in [5.41, 5.74) is 4.35. The smallest absolute Gasteiger partial charge is 0.482 e. The van der Waals surface area contributed by atoms with Crippen molar-refractivity contribution in [2.75, 3.05) is 0 Å². The summed E-state index contributed by atoms with van der Waals surface area (Å²) in [6, 6.07) is 12.6. The van der Waals surface area contributed by atoms with Crippen LogP contribution in [0.25, 0.3) is 0 Å². The lowest BCUT2D eigenvalue weighted by Crippen LogP contribution is -2.22. The molecule has 0 aliphatic heterocycles. The van der Waals surface area contributed by atoms with Crippen LogP contribution in [0.3, 0.4) is 0 Å². The molecule has 0 amide bonds. The van der Waals surface area contributed by atoms with Gasteiger partial charge in [0.15, 0.2) is 0 Å². The van der Waals surface area contributed by atoms with E-state index in [0.717, 1.165) is 30.0 Å². The molecule has 108 valence electrons. The number of benzene rings is 1. The van der Waals surface area contributed by atoms with Gasteiger partial charge in [-0.15, -0.1) is 0 Å². The van der Waals surface area contributed by atoms with Gasteiger partial charge in [-0.2, -0.15) is 0 Å². The molecule has 0 saturated heterocycles. The molecule has 0 unspecified atom stereocenters. The molecule has 0 aliphatic carbocycles. The van der Waals surface area contributed by atoms with Crippen molar-refractivity contribution in [1.29, 1.82) is 0 Å². The summed E-state index contributed by atoms with van der Waals surface area (Å²) < 4.78 is 5.66. The SMILES string of the molecule is CCCc1cccc(C(C)(C)c2cccc(C)n2)c1[O][Al]. The number of nitrogens with zero attached hydrogens (tertiary/aromatic N) is 1. The van der Waals surface area contributed by atoms with Gasteiger partial charge in [-0.3, -0.25) is 4.98 Å². The molecule has 1 heterocycles. The summed E-state index contributed by atoms with van der Waals surface area (Å²) in [5.74, 6) is 0.970. The predicted molar refractivity (Wildman–Crippen MR) is 87.9 cm³/mol. The van der Waals surface area contributed by atoms with Gasteiger partial charge < -0.3 is 3.79 Å². The van der Waals surface area contributed by atoms with Gasteiger partial charge in [0.05, 0.1) is 11.4 Å². The van der Waals surface area contributed by atoms with Crippen LogP contribution in [0.2, 0.25) is 0 Å². The quantitative estimate of drug-likeness (QED) is 0.774. The second kappa shape index (κ2) is 6.64. The Labute approximate surface area is 136 Å². The molecule has 1 aromatic heterocycles. The predicted octanol–water partition coefficient (Wildman–Crippen LogP) is 4.13. The number of pyridine rings is 1. The molecule has 0 bridgehead atoms. The van der Waals surface area contributed by atoms with E-state index in [-0.39, 0.29) is 5.41 Å². The van der Waals surface area contributed by atoms with Crippen LogP contribution in [0.1, 0.15) is 49.7 Å². The zero-order chi connectivity index (χ0) is 15.5. The molecule has 0 aliphatic rings. The molecule has 0 fully saturated rings. The van der Waals surface area contributed by atoms with Crippen LogP contribution in [0.5, 0.6) is 5.75 Å².